The van der Waals surface area contributed by atoms with Gasteiger partial charge in [0.1, 0.15) is 5.82 Å². The van der Waals surface area contributed by atoms with Crippen molar-refractivity contribution < 1.29 is 13.7 Å². The Labute approximate surface area is 150 Å². The minimum Gasteiger partial charge on any atom is -0.338 e. The lowest BCUT2D eigenvalue weighted by Gasteiger charge is -2.07. The van der Waals surface area contributed by atoms with E-state index in [9.17, 15) is 9.18 Å². The second-order valence-electron chi connectivity index (χ2n) is 5.75. The highest BCUT2D eigenvalue weighted by Crippen LogP contribution is 2.24. The molecule has 2 aromatic carbocycles. The highest BCUT2D eigenvalue weighted by Gasteiger charge is 2.12. The zero-order valence-corrected chi connectivity index (χ0v) is 14.3. The topological polar surface area (TPSA) is 80.0 Å². The maximum atomic E-state index is 13.3. The maximum Gasteiger partial charge on any atom is 0.319 e. The predicted molar refractivity (Wildman–Crippen MR) is 97.1 cm³/mol. The number of rotatable bonds is 6. The number of amides is 2. The highest BCUT2D eigenvalue weighted by atomic mass is 19.1. The number of nitrogens with one attached hydrogen (secondary N) is 2. The number of urea groups is 1. The average Bonchev–Trinajstić information content (AvgIpc) is 3.12. The average molecular weight is 354 g/mol. The first kappa shape index (κ1) is 17.6. The molecule has 1 aromatic heterocycles. The van der Waals surface area contributed by atoms with Crippen molar-refractivity contribution in [1.82, 2.24) is 15.5 Å². The molecule has 7 heteroatoms. The summed E-state index contributed by atoms with van der Waals surface area (Å²) < 4.78 is 18.6. The molecule has 0 aliphatic heterocycles. The summed E-state index contributed by atoms with van der Waals surface area (Å²) >= 11 is 0. The van der Waals surface area contributed by atoms with Crippen LogP contribution in [0.1, 0.15) is 19.8 Å². The molecule has 0 unspecified atom stereocenters. The summed E-state index contributed by atoms with van der Waals surface area (Å²) in [7, 11) is 0. The van der Waals surface area contributed by atoms with E-state index in [-0.39, 0.29) is 17.7 Å². The van der Waals surface area contributed by atoms with Gasteiger partial charge in [-0.15, -0.1) is 0 Å². The van der Waals surface area contributed by atoms with Crippen LogP contribution < -0.4 is 10.6 Å². The van der Waals surface area contributed by atoms with E-state index in [2.05, 4.69) is 27.7 Å². The molecule has 2 amide bonds. The van der Waals surface area contributed by atoms with Gasteiger partial charge in [0, 0.05) is 23.4 Å². The smallest absolute Gasteiger partial charge is 0.319 e. The minimum absolute atomic E-state index is 0.232. The van der Waals surface area contributed by atoms with Crippen molar-refractivity contribution in [1.29, 1.82) is 0 Å². The Morgan fingerprint density at radius 2 is 1.96 bits per heavy atom. The number of carbonyl (C=O) groups excluding carboxylic acids is 1. The molecular weight excluding hydrogens is 335 g/mol. The van der Waals surface area contributed by atoms with E-state index >= 15 is 0 Å². The van der Waals surface area contributed by atoms with Crippen molar-refractivity contribution in [2.75, 3.05) is 11.9 Å². The highest BCUT2D eigenvalue weighted by molar-refractivity contribution is 5.89. The third-order valence-electron chi connectivity index (χ3n) is 3.69. The van der Waals surface area contributed by atoms with Crippen LogP contribution in [0, 0.1) is 5.82 Å². The normalized spacial score (nSPS) is 10.5. The van der Waals surface area contributed by atoms with Crippen LogP contribution in [-0.4, -0.2) is 22.7 Å². The number of unbranched alkanes of at least 4 members (excludes halogenated alkanes) is 1. The van der Waals surface area contributed by atoms with Crippen molar-refractivity contribution in [3.63, 3.8) is 0 Å². The third kappa shape index (κ3) is 4.44. The Kier molecular flexibility index (Phi) is 5.58. The predicted octanol–water partition coefficient (Wildman–Crippen LogP) is 4.46. The molecule has 0 saturated heterocycles. The van der Waals surface area contributed by atoms with E-state index in [1.807, 2.05) is 0 Å². The van der Waals surface area contributed by atoms with Crippen LogP contribution in [0.5, 0.6) is 0 Å². The summed E-state index contributed by atoms with van der Waals surface area (Å²) in [6.45, 7) is 2.69. The molecule has 0 atom stereocenters. The first-order valence-electron chi connectivity index (χ1n) is 8.40. The monoisotopic (exact) mass is 354 g/mol. The molecule has 2 N–H and O–H groups in total. The lowest BCUT2D eigenvalue weighted by atomic mass is 10.2. The van der Waals surface area contributed by atoms with Crippen LogP contribution in [0.25, 0.3) is 22.8 Å². The van der Waals surface area contributed by atoms with Crippen molar-refractivity contribution in [3.05, 3.63) is 54.3 Å². The molecule has 0 fully saturated rings. The molecule has 134 valence electrons. The van der Waals surface area contributed by atoms with Crippen molar-refractivity contribution in [2.24, 2.45) is 0 Å². The number of halogens is 1. The molecule has 3 rings (SSSR count). The Morgan fingerprint density at radius 1 is 1.15 bits per heavy atom. The summed E-state index contributed by atoms with van der Waals surface area (Å²) in [4.78, 5) is 16.1. The van der Waals surface area contributed by atoms with Gasteiger partial charge in [-0.25, -0.2) is 9.18 Å². The van der Waals surface area contributed by atoms with E-state index in [1.165, 1.54) is 12.1 Å². The summed E-state index contributed by atoms with van der Waals surface area (Å²) in [5, 5.41) is 9.49. The van der Waals surface area contributed by atoms with E-state index in [1.54, 1.807) is 36.4 Å². The molecule has 0 aliphatic rings. The van der Waals surface area contributed by atoms with Crippen molar-refractivity contribution in [3.8, 4) is 22.8 Å². The minimum atomic E-state index is -0.373. The van der Waals surface area contributed by atoms with Gasteiger partial charge in [-0.2, -0.15) is 4.98 Å². The molecule has 3 aromatic rings. The number of benzene rings is 2. The van der Waals surface area contributed by atoms with Crippen LogP contribution >= 0.6 is 0 Å². The summed E-state index contributed by atoms with van der Waals surface area (Å²) in [6, 6.07) is 12.8. The number of hydrogen-bond acceptors (Lipinski definition) is 4. The van der Waals surface area contributed by atoms with Gasteiger partial charge in [-0.05, 0) is 36.8 Å². The van der Waals surface area contributed by atoms with Crippen LogP contribution in [0.3, 0.4) is 0 Å². The van der Waals surface area contributed by atoms with Gasteiger partial charge in [0.2, 0.25) is 5.82 Å². The van der Waals surface area contributed by atoms with Gasteiger partial charge in [0.25, 0.3) is 5.89 Å². The van der Waals surface area contributed by atoms with Gasteiger partial charge in [0.15, 0.2) is 0 Å². The summed E-state index contributed by atoms with van der Waals surface area (Å²) in [5.74, 6) is 0.219. The molecule has 0 saturated carbocycles. The second-order valence-corrected chi connectivity index (χ2v) is 5.75. The SMILES string of the molecule is CCCCNC(=O)Nc1cccc(-c2noc(-c3cccc(F)c3)n2)c1. The number of carbonyl (C=O) groups is 1. The lowest BCUT2D eigenvalue weighted by Crippen LogP contribution is -2.29. The fourth-order valence-electron chi connectivity index (χ4n) is 2.37. The quantitative estimate of drug-likeness (QED) is 0.640. The van der Waals surface area contributed by atoms with E-state index in [0.717, 1.165) is 12.8 Å². The zero-order valence-electron chi connectivity index (χ0n) is 14.3. The van der Waals surface area contributed by atoms with Gasteiger partial charge >= 0.3 is 6.03 Å². The van der Waals surface area contributed by atoms with Crippen LogP contribution in [-0.2, 0) is 0 Å². The molecule has 1 heterocycles. The summed E-state index contributed by atoms with van der Waals surface area (Å²) in [6.07, 6.45) is 1.94. The standard InChI is InChI=1S/C19H19FN4O2/c1-2-3-10-21-19(25)22-16-9-5-6-13(12-16)17-23-18(26-24-17)14-7-4-8-15(20)11-14/h4-9,11-12H,2-3,10H2,1H3,(H2,21,22,25). The number of anilines is 1. The molecule has 0 radical (unpaired) electrons. The molecular formula is C19H19FN4O2. The van der Waals surface area contributed by atoms with Gasteiger partial charge in [-0.3, -0.25) is 0 Å². The van der Waals surface area contributed by atoms with Crippen LogP contribution in [0.4, 0.5) is 14.9 Å². The largest absolute Gasteiger partial charge is 0.338 e. The fourth-order valence-corrected chi connectivity index (χ4v) is 2.37. The fraction of sp³-hybridized carbons (Fsp3) is 0.211. The Bertz CT molecular complexity index is 895. The molecule has 0 bridgehead atoms. The summed E-state index contributed by atoms with van der Waals surface area (Å²) in [5.41, 5.74) is 1.81. The van der Waals surface area contributed by atoms with Crippen LogP contribution in [0.15, 0.2) is 53.1 Å². The Morgan fingerprint density at radius 3 is 2.77 bits per heavy atom. The molecule has 26 heavy (non-hydrogen) atoms. The Hall–Kier alpha value is -3.22. The van der Waals surface area contributed by atoms with E-state index in [4.69, 9.17) is 4.52 Å². The second kappa shape index (κ2) is 8.24. The maximum absolute atomic E-state index is 13.3. The zero-order chi connectivity index (χ0) is 18.4. The van der Waals surface area contributed by atoms with Gasteiger partial charge in [-0.1, -0.05) is 36.7 Å². The number of nitrogens with zero attached hydrogens (tertiary/aromatic N) is 2. The van der Waals surface area contributed by atoms with Crippen molar-refractivity contribution in [2.45, 2.75) is 19.8 Å². The van der Waals surface area contributed by atoms with Crippen molar-refractivity contribution >= 4 is 11.7 Å². The van der Waals surface area contributed by atoms with Crippen LogP contribution in [0.2, 0.25) is 0 Å². The first-order valence-corrected chi connectivity index (χ1v) is 8.40. The van der Waals surface area contributed by atoms with Gasteiger partial charge in [0.05, 0.1) is 0 Å². The third-order valence-corrected chi connectivity index (χ3v) is 3.69. The molecule has 0 aliphatic carbocycles. The Balaban J connectivity index is 1.73. The number of hydrogen-bond donors (Lipinski definition) is 2. The van der Waals surface area contributed by atoms with E-state index < -0.39 is 0 Å². The lowest BCUT2D eigenvalue weighted by molar-refractivity contribution is 0.252. The molecule has 6 nitrogen and oxygen atoms in total. The van der Waals surface area contributed by atoms with E-state index in [0.29, 0.717) is 29.2 Å². The number of aromatic nitrogens is 2. The van der Waals surface area contributed by atoms with Gasteiger partial charge < -0.3 is 15.2 Å². The first-order chi connectivity index (χ1) is 12.7. The molecule has 0 spiro atoms.